The summed E-state index contributed by atoms with van der Waals surface area (Å²) in [5.74, 6) is 1.57. The fraction of sp³-hybridized carbons (Fsp3) is 0.462. The van der Waals surface area contributed by atoms with E-state index in [4.69, 9.17) is 27.4 Å². The molecule has 1 unspecified atom stereocenters. The van der Waals surface area contributed by atoms with Crippen molar-refractivity contribution in [3.8, 4) is 11.5 Å². The van der Waals surface area contributed by atoms with Crippen LogP contribution in [0.5, 0.6) is 11.5 Å². The summed E-state index contributed by atoms with van der Waals surface area (Å²) in [7, 11) is 0. The summed E-state index contributed by atoms with van der Waals surface area (Å²) in [6.07, 6.45) is 0.970. The van der Waals surface area contributed by atoms with Crippen LogP contribution >= 0.6 is 12.2 Å². The van der Waals surface area contributed by atoms with E-state index in [0.29, 0.717) is 18.2 Å². The van der Waals surface area contributed by atoms with Gasteiger partial charge in [0.25, 0.3) is 0 Å². The largest absolute Gasteiger partial charge is 0.490 e. The maximum atomic E-state index is 5.66. The van der Waals surface area contributed by atoms with Gasteiger partial charge in [0.1, 0.15) is 0 Å². The van der Waals surface area contributed by atoms with Crippen molar-refractivity contribution in [3.05, 3.63) is 24.3 Å². The normalized spacial score (nSPS) is 11.9. The molecular weight excluding hydrogens is 234 g/mol. The molecule has 0 saturated carbocycles. The topological polar surface area (TPSA) is 44.5 Å². The zero-order chi connectivity index (χ0) is 12.7. The van der Waals surface area contributed by atoms with Gasteiger partial charge < -0.3 is 15.2 Å². The van der Waals surface area contributed by atoms with Gasteiger partial charge in [0.2, 0.25) is 0 Å². The Balaban J connectivity index is 2.60. The Morgan fingerprint density at radius 1 is 1.29 bits per heavy atom. The maximum Gasteiger partial charge on any atom is 0.161 e. The van der Waals surface area contributed by atoms with Gasteiger partial charge in [-0.15, -0.1) is 0 Å². The van der Waals surface area contributed by atoms with Crippen molar-refractivity contribution < 1.29 is 9.47 Å². The molecule has 1 rings (SSSR count). The number of ether oxygens (including phenoxy) is 2. The lowest BCUT2D eigenvalue weighted by Gasteiger charge is -2.14. The molecule has 0 heterocycles. The summed E-state index contributed by atoms with van der Waals surface area (Å²) in [4.78, 5) is 0.469. The highest BCUT2D eigenvalue weighted by atomic mass is 32.1. The van der Waals surface area contributed by atoms with Crippen LogP contribution in [0.4, 0.5) is 0 Å². The molecule has 0 bridgehead atoms. The van der Waals surface area contributed by atoms with Gasteiger partial charge in [-0.25, -0.2) is 0 Å². The number of benzene rings is 1. The minimum Gasteiger partial charge on any atom is -0.490 e. The number of rotatable bonds is 7. The fourth-order valence-electron chi connectivity index (χ4n) is 1.20. The number of thiocarbonyl (C=S) groups is 1. The molecule has 0 aliphatic carbocycles. The summed E-state index contributed by atoms with van der Waals surface area (Å²) in [6.45, 7) is 5.17. The van der Waals surface area contributed by atoms with Crippen LogP contribution in [0.3, 0.4) is 0 Å². The summed E-state index contributed by atoms with van der Waals surface area (Å²) in [5, 5.41) is 0. The highest BCUT2D eigenvalue weighted by Crippen LogP contribution is 2.26. The zero-order valence-electron chi connectivity index (χ0n) is 10.3. The fourth-order valence-corrected chi connectivity index (χ4v) is 1.27. The average Bonchev–Trinajstić information content (AvgIpc) is 2.34. The Morgan fingerprint density at radius 3 is 2.41 bits per heavy atom. The predicted octanol–water partition coefficient (Wildman–Crippen LogP) is 2.78. The van der Waals surface area contributed by atoms with Crippen LogP contribution in [-0.4, -0.2) is 18.2 Å². The Kier molecular flexibility index (Phi) is 5.77. The lowest BCUT2D eigenvalue weighted by Crippen LogP contribution is -2.24. The first-order valence-electron chi connectivity index (χ1n) is 5.79. The molecule has 0 saturated heterocycles. The first-order valence-corrected chi connectivity index (χ1v) is 6.20. The van der Waals surface area contributed by atoms with E-state index >= 15 is 0 Å². The van der Waals surface area contributed by atoms with Crippen molar-refractivity contribution in [2.75, 3.05) is 13.2 Å². The van der Waals surface area contributed by atoms with Crippen molar-refractivity contribution in [3.63, 3.8) is 0 Å². The molecule has 2 N–H and O–H groups in total. The summed E-state index contributed by atoms with van der Waals surface area (Å²) < 4.78 is 11.3. The van der Waals surface area contributed by atoms with E-state index in [9.17, 15) is 0 Å². The molecule has 17 heavy (non-hydrogen) atoms. The second kappa shape index (κ2) is 7.12. The molecular formula is C13H19NO2S. The maximum absolute atomic E-state index is 5.66. The molecule has 0 spiro atoms. The highest BCUT2D eigenvalue weighted by molar-refractivity contribution is 7.80. The Hall–Kier alpha value is -1.29. The van der Waals surface area contributed by atoms with Gasteiger partial charge in [-0.2, -0.15) is 0 Å². The number of hydrogen-bond acceptors (Lipinski definition) is 3. The molecule has 0 radical (unpaired) electrons. The van der Waals surface area contributed by atoms with Crippen molar-refractivity contribution in [1.82, 2.24) is 0 Å². The molecule has 0 aliphatic rings. The number of hydrogen-bond donors (Lipinski definition) is 1. The van der Waals surface area contributed by atoms with Crippen molar-refractivity contribution in [1.29, 1.82) is 0 Å². The standard InChI is InChI=1S/C13H19NO2S/c1-3-8-15-11-6-4-5-7-12(11)16-9-10(2)13(14)17/h4-7,10H,3,8-9H2,1-2H3,(H2,14,17). The lowest BCUT2D eigenvalue weighted by molar-refractivity contribution is 0.257. The SMILES string of the molecule is CCCOc1ccccc1OCC(C)C(N)=S. The smallest absolute Gasteiger partial charge is 0.161 e. The quantitative estimate of drug-likeness (QED) is 0.759. The van der Waals surface area contributed by atoms with Gasteiger partial charge in [0, 0.05) is 5.92 Å². The third kappa shape index (κ3) is 4.61. The molecule has 1 atom stereocenters. The Morgan fingerprint density at radius 2 is 1.88 bits per heavy atom. The molecule has 4 heteroatoms. The highest BCUT2D eigenvalue weighted by Gasteiger charge is 2.08. The van der Waals surface area contributed by atoms with E-state index in [1.807, 2.05) is 31.2 Å². The van der Waals surface area contributed by atoms with Crippen LogP contribution in [0.2, 0.25) is 0 Å². The third-order valence-electron chi connectivity index (χ3n) is 2.29. The molecule has 1 aromatic carbocycles. The van der Waals surface area contributed by atoms with E-state index in [0.717, 1.165) is 17.9 Å². The zero-order valence-corrected chi connectivity index (χ0v) is 11.1. The minimum absolute atomic E-state index is 0.0595. The molecule has 0 amide bonds. The molecule has 94 valence electrons. The van der Waals surface area contributed by atoms with E-state index in [-0.39, 0.29) is 5.92 Å². The van der Waals surface area contributed by atoms with E-state index in [2.05, 4.69) is 6.92 Å². The number of nitrogens with two attached hydrogens (primary N) is 1. The van der Waals surface area contributed by atoms with E-state index in [1.165, 1.54) is 0 Å². The Labute approximate surface area is 108 Å². The average molecular weight is 253 g/mol. The van der Waals surface area contributed by atoms with Gasteiger partial charge in [0.15, 0.2) is 11.5 Å². The molecule has 0 aliphatic heterocycles. The van der Waals surface area contributed by atoms with Crippen LogP contribution in [-0.2, 0) is 0 Å². The van der Waals surface area contributed by atoms with Gasteiger partial charge in [0.05, 0.1) is 18.2 Å². The van der Waals surface area contributed by atoms with Crippen molar-refractivity contribution in [2.45, 2.75) is 20.3 Å². The van der Waals surface area contributed by atoms with Gasteiger partial charge in [-0.1, -0.05) is 38.2 Å². The van der Waals surface area contributed by atoms with Crippen LogP contribution in [0.15, 0.2) is 24.3 Å². The Bertz CT molecular complexity index is 368. The first-order chi connectivity index (χ1) is 8.15. The van der Waals surface area contributed by atoms with Crippen LogP contribution in [0, 0.1) is 5.92 Å². The van der Waals surface area contributed by atoms with Crippen molar-refractivity contribution in [2.24, 2.45) is 11.7 Å². The minimum atomic E-state index is 0.0595. The summed E-state index contributed by atoms with van der Waals surface area (Å²) >= 11 is 4.90. The molecule has 0 fully saturated rings. The second-order valence-corrected chi connectivity index (χ2v) is 4.38. The summed E-state index contributed by atoms with van der Waals surface area (Å²) in [5.41, 5.74) is 5.54. The molecule has 1 aromatic rings. The van der Waals surface area contributed by atoms with Gasteiger partial charge >= 0.3 is 0 Å². The van der Waals surface area contributed by atoms with Crippen LogP contribution in [0.1, 0.15) is 20.3 Å². The third-order valence-corrected chi connectivity index (χ3v) is 2.69. The first kappa shape index (κ1) is 13.8. The second-order valence-electron chi connectivity index (χ2n) is 3.91. The van der Waals surface area contributed by atoms with Gasteiger partial charge in [-0.3, -0.25) is 0 Å². The van der Waals surface area contributed by atoms with Crippen LogP contribution < -0.4 is 15.2 Å². The van der Waals surface area contributed by atoms with Gasteiger partial charge in [-0.05, 0) is 18.6 Å². The monoisotopic (exact) mass is 253 g/mol. The van der Waals surface area contributed by atoms with E-state index < -0.39 is 0 Å². The number of para-hydroxylation sites is 2. The summed E-state index contributed by atoms with van der Waals surface area (Å²) in [6, 6.07) is 7.63. The van der Waals surface area contributed by atoms with E-state index in [1.54, 1.807) is 0 Å². The predicted molar refractivity (Wildman–Crippen MR) is 73.7 cm³/mol. The van der Waals surface area contributed by atoms with Crippen LogP contribution in [0.25, 0.3) is 0 Å². The molecule has 0 aromatic heterocycles. The van der Waals surface area contributed by atoms with Crippen molar-refractivity contribution >= 4 is 17.2 Å². The lowest BCUT2D eigenvalue weighted by atomic mass is 10.2. The molecule has 3 nitrogen and oxygen atoms in total.